The Kier molecular flexibility index (Phi) is 3.16. The van der Waals surface area contributed by atoms with Crippen LogP contribution in [0.25, 0.3) is 11.1 Å². The monoisotopic (exact) mass is 240 g/mol. The van der Waals surface area contributed by atoms with E-state index >= 15 is 0 Å². The number of aryl methyl sites for hydroxylation is 1. The number of hydrogen-bond donors (Lipinski definition) is 1. The zero-order valence-electron chi connectivity index (χ0n) is 11.5. The van der Waals surface area contributed by atoms with Crippen molar-refractivity contribution in [2.75, 3.05) is 0 Å². The first-order valence-corrected chi connectivity index (χ1v) is 6.28. The predicted octanol–water partition coefficient (Wildman–Crippen LogP) is 4.67. The predicted molar refractivity (Wildman–Crippen MR) is 77.0 cm³/mol. The highest BCUT2D eigenvalue weighted by molar-refractivity contribution is 5.66. The van der Waals surface area contributed by atoms with Crippen molar-refractivity contribution in [2.24, 2.45) is 0 Å². The van der Waals surface area contributed by atoms with Gasteiger partial charge in [0.15, 0.2) is 0 Å². The number of phenolic OH excluding ortho intramolecular Hbond substituents is 1. The first-order chi connectivity index (χ1) is 8.38. The molecule has 1 N–H and O–H groups in total. The van der Waals surface area contributed by atoms with Gasteiger partial charge in [0.2, 0.25) is 0 Å². The Morgan fingerprint density at radius 1 is 0.833 bits per heavy atom. The van der Waals surface area contributed by atoms with Crippen LogP contribution in [0.1, 0.15) is 31.9 Å². The maximum absolute atomic E-state index is 9.75. The average molecular weight is 240 g/mol. The molecule has 94 valence electrons. The van der Waals surface area contributed by atoms with Crippen molar-refractivity contribution in [2.45, 2.75) is 33.1 Å². The molecule has 0 radical (unpaired) electrons. The molecule has 18 heavy (non-hydrogen) atoms. The molecule has 0 aliphatic heterocycles. The van der Waals surface area contributed by atoms with Crippen LogP contribution in [0.4, 0.5) is 0 Å². The molecular weight excluding hydrogens is 220 g/mol. The average Bonchev–Trinajstić information content (AvgIpc) is 2.32. The summed E-state index contributed by atoms with van der Waals surface area (Å²) >= 11 is 0. The molecule has 0 saturated heterocycles. The minimum Gasteiger partial charge on any atom is -0.508 e. The maximum atomic E-state index is 9.75. The maximum Gasteiger partial charge on any atom is 0.119 e. The molecule has 0 saturated carbocycles. The quantitative estimate of drug-likeness (QED) is 0.768. The summed E-state index contributed by atoms with van der Waals surface area (Å²) < 4.78 is 0. The number of phenols is 1. The van der Waals surface area contributed by atoms with Crippen molar-refractivity contribution in [1.29, 1.82) is 0 Å². The summed E-state index contributed by atoms with van der Waals surface area (Å²) in [7, 11) is 0. The molecule has 2 aromatic rings. The van der Waals surface area contributed by atoms with Gasteiger partial charge < -0.3 is 5.11 Å². The zero-order chi connectivity index (χ0) is 13.3. The fraction of sp³-hybridized carbons (Fsp3) is 0.294. The lowest BCUT2D eigenvalue weighted by atomic mass is 9.86. The van der Waals surface area contributed by atoms with Gasteiger partial charge in [-0.2, -0.15) is 0 Å². The lowest BCUT2D eigenvalue weighted by Gasteiger charge is -2.19. The number of hydrogen-bond acceptors (Lipinski definition) is 1. The van der Waals surface area contributed by atoms with Gasteiger partial charge in [-0.3, -0.25) is 0 Å². The lowest BCUT2D eigenvalue weighted by Crippen LogP contribution is -2.10. The Bertz CT molecular complexity index is 545. The minimum absolute atomic E-state index is 0.175. The molecule has 2 aromatic carbocycles. The molecule has 2 rings (SSSR count). The van der Waals surface area contributed by atoms with Crippen LogP contribution in [-0.2, 0) is 5.41 Å². The van der Waals surface area contributed by atoms with Crippen molar-refractivity contribution >= 4 is 0 Å². The van der Waals surface area contributed by atoms with Crippen LogP contribution < -0.4 is 0 Å². The van der Waals surface area contributed by atoms with Crippen LogP contribution in [0.3, 0.4) is 0 Å². The van der Waals surface area contributed by atoms with Crippen molar-refractivity contribution in [3.05, 3.63) is 53.6 Å². The van der Waals surface area contributed by atoms with Gasteiger partial charge in [-0.15, -0.1) is 0 Å². The largest absolute Gasteiger partial charge is 0.508 e. The third kappa shape index (κ3) is 2.56. The standard InChI is InChI=1S/C17H20O/c1-12-5-6-14(11-16(12)18)13-7-9-15(10-8-13)17(2,3)4/h5-11,18H,1-4H3. The highest BCUT2D eigenvalue weighted by Gasteiger charge is 2.13. The van der Waals surface area contributed by atoms with Crippen LogP contribution in [0.15, 0.2) is 42.5 Å². The van der Waals surface area contributed by atoms with E-state index in [0.29, 0.717) is 5.75 Å². The normalized spacial score (nSPS) is 11.6. The van der Waals surface area contributed by atoms with Gasteiger partial charge in [-0.25, -0.2) is 0 Å². The second-order valence-electron chi connectivity index (χ2n) is 5.83. The molecule has 0 amide bonds. The Hall–Kier alpha value is -1.76. The lowest BCUT2D eigenvalue weighted by molar-refractivity contribution is 0.471. The summed E-state index contributed by atoms with van der Waals surface area (Å²) in [6, 6.07) is 14.4. The van der Waals surface area contributed by atoms with Gasteiger partial charge in [-0.1, -0.05) is 57.2 Å². The van der Waals surface area contributed by atoms with Crippen LogP contribution in [-0.4, -0.2) is 5.11 Å². The Labute approximate surface area is 109 Å². The molecule has 0 aliphatic rings. The van der Waals surface area contributed by atoms with Crippen LogP contribution in [0.2, 0.25) is 0 Å². The summed E-state index contributed by atoms with van der Waals surface area (Å²) in [5.74, 6) is 0.354. The van der Waals surface area contributed by atoms with Crippen molar-refractivity contribution in [1.82, 2.24) is 0 Å². The first kappa shape index (κ1) is 12.7. The molecule has 0 fully saturated rings. The molecule has 0 unspecified atom stereocenters. The fourth-order valence-electron chi connectivity index (χ4n) is 1.95. The van der Waals surface area contributed by atoms with E-state index in [1.54, 1.807) is 0 Å². The van der Waals surface area contributed by atoms with Gasteiger partial charge >= 0.3 is 0 Å². The van der Waals surface area contributed by atoms with E-state index in [4.69, 9.17) is 0 Å². The summed E-state index contributed by atoms with van der Waals surface area (Å²) in [6.45, 7) is 8.53. The van der Waals surface area contributed by atoms with E-state index in [0.717, 1.165) is 16.7 Å². The highest BCUT2D eigenvalue weighted by atomic mass is 16.3. The van der Waals surface area contributed by atoms with Gasteiger partial charge in [0.05, 0.1) is 0 Å². The van der Waals surface area contributed by atoms with Gasteiger partial charge in [0.1, 0.15) is 5.75 Å². The Morgan fingerprint density at radius 3 is 1.89 bits per heavy atom. The van der Waals surface area contributed by atoms with E-state index < -0.39 is 0 Å². The van der Waals surface area contributed by atoms with E-state index in [1.807, 2.05) is 25.1 Å². The molecule has 0 atom stereocenters. The molecule has 0 bridgehead atoms. The minimum atomic E-state index is 0.175. The number of rotatable bonds is 1. The van der Waals surface area contributed by atoms with Crippen LogP contribution in [0.5, 0.6) is 5.75 Å². The molecule has 0 spiro atoms. The fourth-order valence-corrected chi connectivity index (χ4v) is 1.95. The van der Waals surface area contributed by atoms with Gasteiger partial charge in [-0.05, 0) is 40.7 Å². The molecular formula is C17H20O. The smallest absolute Gasteiger partial charge is 0.119 e. The van der Waals surface area contributed by atoms with Crippen molar-refractivity contribution in [3.63, 3.8) is 0 Å². The van der Waals surface area contributed by atoms with Gasteiger partial charge in [0, 0.05) is 0 Å². The van der Waals surface area contributed by atoms with E-state index in [1.165, 1.54) is 5.56 Å². The molecule has 0 aliphatic carbocycles. The second kappa shape index (κ2) is 4.49. The van der Waals surface area contributed by atoms with Gasteiger partial charge in [0.25, 0.3) is 0 Å². The second-order valence-corrected chi connectivity index (χ2v) is 5.83. The molecule has 0 aromatic heterocycles. The summed E-state index contributed by atoms with van der Waals surface area (Å²) in [6.07, 6.45) is 0. The Morgan fingerprint density at radius 2 is 1.39 bits per heavy atom. The summed E-state index contributed by atoms with van der Waals surface area (Å²) in [5, 5.41) is 9.75. The highest BCUT2D eigenvalue weighted by Crippen LogP contribution is 2.28. The summed E-state index contributed by atoms with van der Waals surface area (Å²) in [4.78, 5) is 0. The van der Waals surface area contributed by atoms with E-state index in [-0.39, 0.29) is 5.41 Å². The molecule has 0 heterocycles. The van der Waals surface area contributed by atoms with Crippen LogP contribution >= 0.6 is 0 Å². The number of aromatic hydroxyl groups is 1. The SMILES string of the molecule is Cc1ccc(-c2ccc(C(C)(C)C)cc2)cc1O. The van der Waals surface area contributed by atoms with E-state index in [2.05, 4.69) is 45.0 Å². The third-order valence-corrected chi connectivity index (χ3v) is 3.29. The first-order valence-electron chi connectivity index (χ1n) is 6.28. The molecule has 1 heteroatoms. The third-order valence-electron chi connectivity index (χ3n) is 3.29. The molecule has 1 nitrogen and oxygen atoms in total. The zero-order valence-corrected chi connectivity index (χ0v) is 11.5. The van der Waals surface area contributed by atoms with Crippen molar-refractivity contribution < 1.29 is 5.11 Å². The van der Waals surface area contributed by atoms with Crippen molar-refractivity contribution in [3.8, 4) is 16.9 Å². The topological polar surface area (TPSA) is 20.2 Å². The summed E-state index contributed by atoms with van der Waals surface area (Å²) in [5.41, 5.74) is 4.60. The number of benzene rings is 2. The van der Waals surface area contributed by atoms with E-state index in [9.17, 15) is 5.11 Å². The Balaban J connectivity index is 2.37. The van der Waals surface area contributed by atoms with Crippen LogP contribution in [0, 0.1) is 6.92 Å².